The van der Waals surface area contributed by atoms with Gasteiger partial charge >= 0.3 is 5.97 Å². The third-order valence-electron chi connectivity index (χ3n) is 3.66. The molecule has 1 atom stereocenters. The number of benzene rings is 1. The van der Waals surface area contributed by atoms with E-state index in [4.69, 9.17) is 0 Å². The lowest BCUT2D eigenvalue weighted by Crippen LogP contribution is -2.47. The van der Waals surface area contributed by atoms with Gasteiger partial charge in [0.05, 0.1) is 0 Å². The van der Waals surface area contributed by atoms with Crippen molar-refractivity contribution in [1.29, 1.82) is 0 Å². The number of amides is 1. The molecule has 0 bridgehead atoms. The minimum absolute atomic E-state index is 0.172. The van der Waals surface area contributed by atoms with Crippen molar-refractivity contribution >= 4 is 11.9 Å². The van der Waals surface area contributed by atoms with E-state index in [1.54, 1.807) is 12.1 Å². The molecule has 1 aliphatic rings. The number of hydrogen-bond donors (Lipinski definition) is 1. The van der Waals surface area contributed by atoms with Crippen LogP contribution in [0.3, 0.4) is 0 Å². The largest absolute Gasteiger partial charge is 0.480 e. The van der Waals surface area contributed by atoms with E-state index in [0.717, 1.165) is 19.3 Å². The number of carbonyl (C=O) groups excluding carboxylic acids is 1. The normalized spacial score (nSPS) is 19.2. The molecule has 0 aliphatic carbocycles. The molecule has 0 spiro atoms. The third-order valence-corrected chi connectivity index (χ3v) is 3.66. The van der Waals surface area contributed by atoms with E-state index in [0.29, 0.717) is 18.5 Å². The number of nitrogens with zero attached hydrogens (tertiary/aromatic N) is 1. The lowest BCUT2D eigenvalue weighted by Gasteiger charge is -2.33. The van der Waals surface area contributed by atoms with Gasteiger partial charge in [0.15, 0.2) is 0 Å². The van der Waals surface area contributed by atoms with Crippen molar-refractivity contribution in [3.05, 3.63) is 35.4 Å². The molecule has 0 aromatic heterocycles. The highest BCUT2D eigenvalue weighted by Crippen LogP contribution is 2.20. The molecular weight excluding hydrogens is 242 g/mol. The molecule has 0 saturated carbocycles. The summed E-state index contributed by atoms with van der Waals surface area (Å²) in [7, 11) is 0. The molecule has 1 heterocycles. The van der Waals surface area contributed by atoms with Crippen LogP contribution in [0.5, 0.6) is 0 Å². The number of rotatable bonds is 3. The Hall–Kier alpha value is -1.84. The summed E-state index contributed by atoms with van der Waals surface area (Å²) in [6, 6.07) is 6.75. The van der Waals surface area contributed by atoms with Crippen molar-refractivity contribution in [3.8, 4) is 0 Å². The first kappa shape index (κ1) is 13.6. The Morgan fingerprint density at radius 2 is 1.95 bits per heavy atom. The molecule has 4 heteroatoms. The van der Waals surface area contributed by atoms with Gasteiger partial charge in [-0.2, -0.15) is 0 Å². The van der Waals surface area contributed by atoms with Crippen molar-refractivity contribution < 1.29 is 14.7 Å². The Kier molecular flexibility index (Phi) is 4.20. The molecule has 1 aromatic rings. The van der Waals surface area contributed by atoms with E-state index in [1.807, 2.05) is 12.1 Å². The van der Waals surface area contributed by atoms with Gasteiger partial charge in [-0.15, -0.1) is 0 Å². The van der Waals surface area contributed by atoms with Gasteiger partial charge in [-0.05, 0) is 43.4 Å². The first-order valence-electron chi connectivity index (χ1n) is 6.76. The highest BCUT2D eigenvalue weighted by atomic mass is 16.4. The minimum Gasteiger partial charge on any atom is -0.480 e. The standard InChI is InChI=1S/C15H19NO3/c1-2-11-6-8-12(9-7-11)14(17)16-10-4-3-5-13(16)15(18)19/h6-9,13H,2-5,10H2,1H3,(H,18,19)/t13-/m0/s1. The second-order valence-corrected chi connectivity index (χ2v) is 4.90. The van der Waals surface area contributed by atoms with Crippen LogP contribution in [-0.4, -0.2) is 34.5 Å². The van der Waals surface area contributed by atoms with E-state index in [9.17, 15) is 14.7 Å². The summed E-state index contributed by atoms with van der Waals surface area (Å²) in [5, 5.41) is 9.19. The molecule has 1 aliphatic heterocycles. The van der Waals surface area contributed by atoms with E-state index in [1.165, 1.54) is 10.5 Å². The van der Waals surface area contributed by atoms with Gasteiger partial charge in [-0.3, -0.25) is 4.79 Å². The number of piperidine rings is 1. The van der Waals surface area contributed by atoms with Gasteiger partial charge in [0, 0.05) is 12.1 Å². The van der Waals surface area contributed by atoms with Crippen LogP contribution >= 0.6 is 0 Å². The molecule has 102 valence electrons. The van der Waals surface area contributed by atoms with Crippen LogP contribution in [0, 0.1) is 0 Å². The van der Waals surface area contributed by atoms with Gasteiger partial charge in [-0.1, -0.05) is 19.1 Å². The predicted molar refractivity (Wildman–Crippen MR) is 72.1 cm³/mol. The molecular formula is C15H19NO3. The van der Waals surface area contributed by atoms with Crippen LogP contribution in [0.15, 0.2) is 24.3 Å². The number of aryl methyl sites for hydroxylation is 1. The molecule has 1 fully saturated rings. The second kappa shape index (κ2) is 5.87. The fourth-order valence-electron chi connectivity index (χ4n) is 2.48. The van der Waals surface area contributed by atoms with Crippen molar-refractivity contribution in [1.82, 2.24) is 4.90 Å². The minimum atomic E-state index is -0.904. The Balaban J connectivity index is 2.18. The maximum atomic E-state index is 12.4. The maximum Gasteiger partial charge on any atom is 0.326 e. The SMILES string of the molecule is CCc1ccc(C(=O)N2CCCC[C@H]2C(=O)O)cc1. The number of carbonyl (C=O) groups is 2. The molecule has 2 rings (SSSR count). The van der Waals surface area contributed by atoms with Crippen molar-refractivity contribution in [2.75, 3.05) is 6.54 Å². The zero-order chi connectivity index (χ0) is 13.8. The quantitative estimate of drug-likeness (QED) is 0.908. The first-order chi connectivity index (χ1) is 9.13. The molecule has 19 heavy (non-hydrogen) atoms. The summed E-state index contributed by atoms with van der Waals surface area (Å²) in [5.74, 6) is -1.08. The summed E-state index contributed by atoms with van der Waals surface area (Å²) in [6.07, 6.45) is 3.22. The fraction of sp³-hybridized carbons (Fsp3) is 0.467. The summed E-state index contributed by atoms with van der Waals surface area (Å²) in [4.78, 5) is 25.1. The molecule has 1 aromatic carbocycles. The summed E-state index contributed by atoms with van der Waals surface area (Å²) < 4.78 is 0. The smallest absolute Gasteiger partial charge is 0.326 e. The summed E-state index contributed by atoms with van der Waals surface area (Å²) in [5.41, 5.74) is 1.75. The van der Waals surface area contributed by atoms with Crippen LogP contribution < -0.4 is 0 Å². The van der Waals surface area contributed by atoms with Crippen LogP contribution in [-0.2, 0) is 11.2 Å². The van der Waals surface area contributed by atoms with Gasteiger partial charge in [0.25, 0.3) is 5.91 Å². The Morgan fingerprint density at radius 3 is 2.53 bits per heavy atom. The predicted octanol–water partition coefficient (Wildman–Crippen LogP) is 2.33. The Labute approximate surface area is 113 Å². The van der Waals surface area contributed by atoms with Crippen LogP contribution in [0.1, 0.15) is 42.1 Å². The van der Waals surface area contributed by atoms with E-state index >= 15 is 0 Å². The van der Waals surface area contributed by atoms with Crippen LogP contribution in [0.2, 0.25) is 0 Å². The Bertz CT molecular complexity index is 467. The fourth-order valence-corrected chi connectivity index (χ4v) is 2.48. The molecule has 4 nitrogen and oxygen atoms in total. The average Bonchev–Trinajstić information content (AvgIpc) is 2.46. The van der Waals surface area contributed by atoms with Gasteiger partial charge in [0.2, 0.25) is 0 Å². The number of hydrogen-bond acceptors (Lipinski definition) is 2. The monoisotopic (exact) mass is 261 g/mol. The zero-order valence-corrected chi connectivity index (χ0v) is 11.1. The summed E-state index contributed by atoms with van der Waals surface area (Å²) in [6.45, 7) is 2.59. The number of carboxylic acids is 1. The highest BCUT2D eigenvalue weighted by Gasteiger charge is 2.32. The maximum absolute atomic E-state index is 12.4. The van der Waals surface area contributed by atoms with Crippen LogP contribution in [0.25, 0.3) is 0 Å². The van der Waals surface area contributed by atoms with E-state index < -0.39 is 12.0 Å². The molecule has 1 amide bonds. The lowest BCUT2D eigenvalue weighted by atomic mass is 10.0. The van der Waals surface area contributed by atoms with E-state index in [2.05, 4.69) is 6.92 Å². The van der Waals surface area contributed by atoms with E-state index in [-0.39, 0.29) is 5.91 Å². The van der Waals surface area contributed by atoms with Crippen LogP contribution in [0.4, 0.5) is 0 Å². The average molecular weight is 261 g/mol. The number of aliphatic carboxylic acids is 1. The zero-order valence-electron chi connectivity index (χ0n) is 11.1. The lowest BCUT2D eigenvalue weighted by molar-refractivity contribution is -0.143. The molecule has 1 saturated heterocycles. The van der Waals surface area contributed by atoms with Crippen molar-refractivity contribution in [2.45, 2.75) is 38.6 Å². The number of carboxylic acid groups (broad SMARTS) is 1. The molecule has 0 radical (unpaired) electrons. The topological polar surface area (TPSA) is 57.6 Å². The van der Waals surface area contributed by atoms with Crippen molar-refractivity contribution in [3.63, 3.8) is 0 Å². The third kappa shape index (κ3) is 2.95. The number of likely N-dealkylation sites (tertiary alicyclic amines) is 1. The van der Waals surface area contributed by atoms with Gasteiger partial charge in [0.1, 0.15) is 6.04 Å². The highest BCUT2D eigenvalue weighted by molar-refractivity contribution is 5.96. The first-order valence-corrected chi connectivity index (χ1v) is 6.76. The van der Waals surface area contributed by atoms with Crippen molar-refractivity contribution in [2.24, 2.45) is 0 Å². The second-order valence-electron chi connectivity index (χ2n) is 4.90. The Morgan fingerprint density at radius 1 is 1.26 bits per heavy atom. The molecule has 1 N–H and O–H groups in total. The summed E-state index contributed by atoms with van der Waals surface area (Å²) >= 11 is 0. The van der Waals surface area contributed by atoms with Gasteiger partial charge in [-0.25, -0.2) is 4.79 Å². The molecule has 0 unspecified atom stereocenters. The van der Waals surface area contributed by atoms with Gasteiger partial charge < -0.3 is 10.0 Å².